The molecular formula is C8H6BrF2N3S. The highest BCUT2D eigenvalue weighted by atomic mass is 79.9. The second-order valence-electron chi connectivity index (χ2n) is 2.50. The van der Waals surface area contributed by atoms with Crippen LogP contribution >= 0.6 is 28.1 Å². The van der Waals surface area contributed by atoms with Crippen molar-refractivity contribution >= 4 is 39.5 Å². The molecule has 0 saturated heterocycles. The first-order chi connectivity index (χ1) is 7.02. The SMILES string of the molecule is NC(=S)NN=Cc1ccc(F)c(Br)c1F. The maximum absolute atomic E-state index is 13.3. The third kappa shape index (κ3) is 3.21. The van der Waals surface area contributed by atoms with Gasteiger partial charge in [-0.2, -0.15) is 5.10 Å². The van der Waals surface area contributed by atoms with Gasteiger partial charge in [0.1, 0.15) is 11.6 Å². The van der Waals surface area contributed by atoms with E-state index in [2.05, 4.69) is 38.7 Å². The number of hydrogen-bond acceptors (Lipinski definition) is 2. The Bertz CT molecular complexity index is 423. The Hall–Kier alpha value is -1.08. The third-order valence-electron chi connectivity index (χ3n) is 1.44. The molecule has 7 heteroatoms. The Labute approximate surface area is 98.5 Å². The minimum absolute atomic E-state index is 0.0344. The van der Waals surface area contributed by atoms with Gasteiger partial charge in [-0.25, -0.2) is 8.78 Å². The zero-order valence-corrected chi connectivity index (χ0v) is 9.70. The maximum Gasteiger partial charge on any atom is 0.184 e. The van der Waals surface area contributed by atoms with Crippen molar-refractivity contribution in [2.45, 2.75) is 0 Å². The van der Waals surface area contributed by atoms with Crippen LogP contribution in [-0.4, -0.2) is 11.3 Å². The maximum atomic E-state index is 13.3. The summed E-state index contributed by atoms with van der Waals surface area (Å²) in [6.07, 6.45) is 1.15. The van der Waals surface area contributed by atoms with Crippen LogP contribution in [0.4, 0.5) is 8.78 Å². The van der Waals surface area contributed by atoms with Gasteiger partial charge in [0, 0.05) is 5.56 Å². The number of nitrogens with one attached hydrogen (secondary N) is 1. The molecule has 0 unspecified atom stereocenters. The summed E-state index contributed by atoms with van der Waals surface area (Å²) in [4.78, 5) is 0. The van der Waals surface area contributed by atoms with Crippen LogP contribution in [0.3, 0.4) is 0 Å². The van der Waals surface area contributed by atoms with Gasteiger partial charge in [0.05, 0.1) is 10.7 Å². The molecule has 1 rings (SSSR count). The van der Waals surface area contributed by atoms with Crippen LogP contribution in [0.15, 0.2) is 21.7 Å². The average Bonchev–Trinajstić information content (AvgIpc) is 2.18. The lowest BCUT2D eigenvalue weighted by molar-refractivity contribution is 0.570. The van der Waals surface area contributed by atoms with Crippen molar-refractivity contribution in [2.24, 2.45) is 10.8 Å². The fraction of sp³-hybridized carbons (Fsp3) is 0. The van der Waals surface area contributed by atoms with Gasteiger partial charge in [-0.15, -0.1) is 0 Å². The lowest BCUT2D eigenvalue weighted by atomic mass is 10.2. The zero-order valence-electron chi connectivity index (χ0n) is 7.30. The van der Waals surface area contributed by atoms with E-state index in [1.807, 2.05) is 0 Å². The Morgan fingerprint density at radius 2 is 2.20 bits per heavy atom. The van der Waals surface area contributed by atoms with E-state index in [9.17, 15) is 8.78 Å². The monoisotopic (exact) mass is 293 g/mol. The van der Waals surface area contributed by atoms with Crippen molar-refractivity contribution in [1.82, 2.24) is 5.43 Å². The quantitative estimate of drug-likeness (QED) is 0.379. The van der Waals surface area contributed by atoms with E-state index >= 15 is 0 Å². The molecule has 0 amide bonds. The minimum atomic E-state index is -0.733. The molecule has 0 aliphatic carbocycles. The highest BCUT2D eigenvalue weighted by Crippen LogP contribution is 2.21. The molecule has 80 valence electrons. The van der Waals surface area contributed by atoms with E-state index in [0.717, 1.165) is 12.3 Å². The number of hydrazone groups is 1. The molecule has 1 aromatic carbocycles. The largest absolute Gasteiger partial charge is 0.375 e. The summed E-state index contributed by atoms with van der Waals surface area (Å²) < 4.78 is 25.9. The summed E-state index contributed by atoms with van der Waals surface area (Å²) in [6, 6.07) is 2.37. The summed E-state index contributed by atoms with van der Waals surface area (Å²) in [5.41, 5.74) is 7.47. The van der Waals surface area contributed by atoms with E-state index in [4.69, 9.17) is 5.73 Å². The van der Waals surface area contributed by atoms with E-state index in [1.54, 1.807) is 0 Å². The second kappa shape index (κ2) is 5.13. The molecule has 1 aromatic rings. The number of hydrogen-bond donors (Lipinski definition) is 2. The number of thiocarbonyl (C=S) groups is 1. The predicted molar refractivity (Wildman–Crippen MR) is 61.6 cm³/mol. The van der Waals surface area contributed by atoms with Crippen LogP contribution in [0.5, 0.6) is 0 Å². The Kier molecular flexibility index (Phi) is 4.10. The van der Waals surface area contributed by atoms with E-state index in [1.165, 1.54) is 6.07 Å². The standard InChI is InChI=1S/C8H6BrF2N3S/c9-6-5(10)2-1-4(7(6)11)3-13-14-8(12)15/h1-3H,(H3,12,14,15). The Morgan fingerprint density at radius 1 is 1.53 bits per heavy atom. The van der Waals surface area contributed by atoms with Crippen LogP contribution in [0.25, 0.3) is 0 Å². The van der Waals surface area contributed by atoms with E-state index < -0.39 is 11.6 Å². The number of halogens is 3. The van der Waals surface area contributed by atoms with Gasteiger partial charge in [0.2, 0.25) is 0 Å². The summed E-state index contributed by atoms with van der Waals surface area (Å²) >= 11 is 7.25. The lowest BCUT2D eigenvalue weighted by Crippen LogP contribution is -2.24. The first-order valence-electron chi connectivity index (χ1n) is 3.74. The van der Waals surface area contributed by atoms with Crippen molar-refractivity contribution < 1.29 is 8.78 Å². The summed E-state index contributed by atoms with van der Waals surface area (Å²) in [6.45, 7) is 0. The average molecular weight is 294 g/mol. The van der Waals surface area contributed by atoms with Gasteiger partial charge in [-0.1, -0.05) is 0 Å². The molecule has 3 nitrogen and oxygen atoms in total. The molecule has 0 aliphatic rings. The fourth-order valence-corrected chi connectivity index (χ4v) is 1.22. The van der Waals surface area contributed by atoms with Crippen molar-refractivity contribution in [3.8, 4) is 0 Å². The number of nitrogens with zero attached hydrogens (tertiary/aromatic N) is 1. The molecule has 0 fully saturated rings. The van der Waals surface area contributed by atoms with Crippen LogP contribution in [0.1, 0.15) is 5.56 Å². The smallest absolute Gasteiger partial charge is 0.184 e. The predicted octanol–water partition coefficient (Wildman–Crippen LogP) is 1.89. The molecule has 0 aliphatic heterocycles. The summed E-state index contributed by atoms with van der Waals surface area (Å²) in [5, 5.41) is 3.51. The topological polar surface area (TPSA) is 50.4 Å². The Balaban J connectivity index is 2.92. The summed E-state index contributed by atoms with van der Waals surface area (Å²) in [7, 11) is 0. The van der Waals surface area contributed by atoms with E-state index in [-0.39, 0.29) is 15.1 Å². The number of benzene rings is 1. The molecule has 0 spiro atoms. The molecular weight excluding hydrogens is 288 g/mol. The van der Waals surface area contributed by atoms with Gasteiger partial charge in [-0.05, 0) is 40.3 Å². The molecule has 0 aromatic heterocycles. The molecule has 3 N–H and O–H groups in total. The van der Waals surface area contributed by atoms with Gasteiger partial charge < -0.3 is 5.73 Å². The first-order valence-corrected chi connectivity index (χ1v) is 4.94. The highest BCUT2D eigenvalue weighted by Gasteiger charge is 2.09. The molecule has 0 atom stereocenters. The molecule has 0 heterocycles. The first kappa shape index (κ1) is 12.0. The van der Waals surface area contributed by atoms with Gasteiger partial charge in [0.25, 0.3) is 0 Å². The molecule has 0 saturated carbocycles. The van der Waals surface area contributed by atoms with E-state index in [0.29, 0.717) is 0 Å². The normalized spacial score (nSPS) is 10.6. The van der Waals surface area contributed by atoms with Crippen molar-refractivity contribution in [2.75, 3.05) is 0 Å². The highest BCUT2D eigenvalue weighted by molar-refractivity contribution is 9.10. The molecule has 0 bridgehead atoms. The number of rotatable bonds is 2. The molecule has 15 heavy (non-hydrogen) atoms. The van der Waals surface area contributed by atoms with Crippen LogP contribution < -0.4 is 11.2 Å². The van der Waals surface area contributed by atoms with Crippen LogP contribution in [0.2, 0.25) is 0 Å². The van der Waals surface area contributed by atoms with Crippen LogP contribution in [0, 0.1) is 11.6 Å². The van der Waals surface area contributed by atoms with Crippen molar-refractivity contribution in [3.63, 3.8) is 0 Å². The zero-order chi connectivity index (χ0) is 11.4. The molecule has 0 radical (unpaired) electrons. The van der Waals surface area contributed by atoms with Gasteiger partial charge >= 0.3 is 0 Å². The summed E-state index contributed by atoms with van der Waals surface area (Å²) in [5.74, 6) is -1.41. The van der Waals surface area contributed by atoms with Gasteiger partial charge in [0.15, 0.2) is 5.11 Å². The van der Waals surface area contributed by atoms with Gasteiger partial charge in [-0.3, -0.25) is 5.43 Å². The number of nitrogens with two attached hydrogens (primary N) is 1. The lowest BCUT2D eigenvalue weighted by Gasteiger charge is -2.00. The third-order valence-corrected chi connectivity index (χ3v) is 2.26. The van der Waals surface area contributed by atoms with Crippen molar-refractivity contribution in [3.05, 3.63) is 33.8 Å². The van der Waals surface area contributed by atoms with Crippen molar-refractivity contribution in [1.29, 1.82) is 0 Å². The minimum Gasteiger partial charge on any atom is -0.375 e. The fourth-order valence-electron chi connectivity index (χ4n) is 0.806. The Morgan fingerprint density at radius 3 is 2.80 bits per heavy atom. The van der Waals surface area contributed by atoms with Crippen LogP contribution in [-0.2, 0) is 0 Å². The second-order valence-corrected chi connectivity index (χ2v) is 3.73.